The molecule has 4 atom stereocenters. The van der Waals surface area contributed by atoms with Crippen LogP contribution in [-0.2, 0) is 9.47 Å². The molecule has 0 saturated carbocycles. The fourth-order valence-electron chi connectivity index (χ4n) is 3.14. The van der Waals surface area contributed by atoms with Gasteiger partial charge in [0.2, 0.25) is 0 Å². The van der Waals surface area contributed by atoms with Crippen LogP contribution in [0.1, 0.15) is 37.2 Å². The van der Waals surface area contributed by atoms with E-state index in [0.717, 1.165) is 26.3 Å². The standard InChI is InChI=1S/2C11H15NO/c2*1-9-8-13-11(7-12-9)10-5-3-2-4-6-10/h2*2-6,9,11-12H,7-8H2,1H3/t9-,11?;9-,11-/m00/s1. The van der Waals surface area contributed by atoms with E-state index in [1.165, 1.54) is 11.1 Å². The van der Waals surface area contributed by atoms with Gasteiger partial charge in [0, 0.05) is 25.2 Å². The van der Waals surface area contributed by atoms with Crippen molar-refractivity contribution in [2.24, 2.45) is 0 Å². The molecule has 2 fully saturated rings. The first-order valence-electron chi connectivity index (χ1n) is 9.52. The number of rotatable bonds is 2. The average Bonchev–Trinajstić information content (AvgIpc) is 2.71. The lowest BCUT2D eigenvalue weighted by Crippen LogP contribution is -2.40. The Morgan fingerprint density at radius 1 is 0.654 bits per heavy atom. The highest BCUT2D eigenvalue weighted by molar-refractivity contribution is 5.19. The predicted molar refractivity (Wildman–Crippen MR) is 105 cm³/mol. The van der Waals surface area contributed by atoms with Crippen LogP contribution >= 0.6 is 0 Å². The second kappa shape index (κ2) is 9.83. The van der Waals surface area contributed by atoms with Crippen LogP contribution in [0.25, 0.3) is 0 Å². The Bertz CT molecular complexity index is 562. The van der Waals surface area contributed by atoms with E-state index in [1.807, 2.05) is 12.1 Å². The molecule has 1 unspecified atom stereocenters. The molecule has 2 heterocycles. The smallest absolute Gasteiger partial charge is 0.0950 e. The van der Waals surface area contributed by atoms with Crippen LogP contribution in [0.15, 0.2) is 60.7 Å². The van der Waals surface area contributed by atoms with Crippen molar-refractivity contribution >= 4 is 0 Å². The highest BCUT2D eigenvalue weighted by Crippen LogP contribution is 2.20. The van der Waals surface area contributed by atoms with Gasteiger partial charge in [0.05, 0.1) is 25.4 Å². The highest BCUT2D eigenvalue weighted by atomic mass is 16.5. The zero-order valence-corrected chi connectivity index (χ0v) is 15.7. The van der Waals surface area contributed by atoms with Crippen molar-refractivity contribution in [2.75, 3.05) is 26.3 Å². The Morgan fingerprint density at radius 3 is 1.35 bits per heavy atom. The molecule has 0 aliphatic carbocycles. The van der Waals surface area contributed by atoms with E-state index in [2.05, 4.69) is 73.0 Å². The summed E-state index contributed by atoms with van der Waals surface area (Å²) in [5.74, 6) is 0. The van der Waals surface area contributed by atoms with Crippen LogP contribution in [0.4, 0.5) is 0 Å². The van der Waals surface area contributed by atoms with Crippen molar-refractivity contribution in [1.82, 2.24) is 10.6 Å². The molecule has 0 bridgehead atoms. The lowest BCUT2D eigenvalue weighted by molar-refractivity contribution is 0.00692. The second-order valence-electron chi connectivity index (χ2n) is 7.08. The van der Waals surface area contributed by atoms with Crippen molar-refractivity contribution < 1.29 is 9.47 Å². The fourth-order valence-corrected chi connectivity index (χ4v) is 3.14. The van der Waals surface area contributed by atoms with Gasteiger partial charge < -0.3 is 20.1 Å². The molecule has 2 N–H and O–H groups in total. The third kappa shape index (κ3) is 5.64. The molecular formula is C22H30N2O2. The summed E-state index contributed by atoms with van der Waals surface area (Å²) in [6, 6.07) is 21.7. The van der Waals surface area contributed by atoms with Gasteiger partial charge in [-0.3, -0.25) is 0 Å². The second-order valence-corrected chi connectivity index (χ2v) is 7.08. The summed E-state index contributed by atoms with van der Waals surface area (Å²) < 4.78 is 11.4. The summed E-state index contributed by atoms with van der Waals surface area (Å²) in [6.45, 7) is 7.73. The summed E-state index contributed by atoms with van der Waals surface area (Å²) in [7, 11) is 0. The van der Waals surface area contributed by atoms with Gasteiger partial charge in [-0.2, -0.15) is 0 Å². The Hall–Kier alpha value is -1.72. The molecule has 0 spiro atoms. The number of ether oxygens (including phenoxy) is 2. The first kappa shape index (κ1) is 19.1. The molecule has 2 aliphatic heterocycles. The van der Waals surface area contributed by atoms with Crippen molar-refractivity contribution in [3.63, 3.8) is 0 Å². The summed E-state index contributed by atoms with van der Waals surface area (Å²) in [5, 5.41) is 6.81. The number of hydrogen-bond acceptors (Lipinski definition) is 4. The minimum Gasteiger partial charge on any atom is -0.371 e. The SMILES string of the molecule is C[C@H]1COC(c2ccccc2)CN1.C[C@H]1CO[C@H](c2ccccc2)CN1. The van der Waals surface area contributed by atoms with Crippen molar-refractivity contribution in [2.45, 2.75) is 38.1 Å². The van der Waals surface area contributed by atoms with Gasteiger partial charge in [0.25, 0.3) is 0 Å². The van der Waals surface area contributed by atoms with Crippen LogP contribution in [0.3, 0.4) is 0 Å². The normalized spacial score (nSPS) is 28.7. The van der Waals surface area contributed by atoms with E-state index in [1.54, 1.807) is 0 Å². The van der Waals surface area contributed by atoms with E-state index in [0.29, 0.717) is 12.1 Å². The molecule has 0 amide bonds. The van der Waals surface area contributed by atoms with Gasteiger partial charge in [-0.15, -0.1) is 0 Å². The fraction of sp³-hybridized carbons (Fsp3) is 0.455. The maximum atomic E-state index is 5.71. The molecule has 26 heavy (non-hydrogen) atoms. The Kier molecular flexibility index (Phi) is 7.21. The number of hydrogen-bond donors (Lipinski definition) is 2. The van der Waals surface area contributed by atoms with Crippen LogP contribution in [0, 0.1) is 0 Å². The molecular weight excluding hydrogens is 324 g/mol. The molecule has 4 rings (SSSR count). The van der Waals surface area contributed by atoms with Gasteiger partial charge in [-0.25, -0.2) is 0 Å². The summed E-state index contributed by atoms with van der Waals surface area (Å²) in [5.41, 5.74) is 2.53. The summed E-state index contributed by atoms with van der Waals surface area (Å²) in [4.78, 5) is 0. The van der Waals surface area contributed by atoms with E-state index < -0.39 is 0 Å². The molecule has 0 aromatic heterocycles. The largest absolute Gasteiger partial charge is 0.371 e. The Labute approximate surface area is 156 Å². The number of benzene rings is 2. The Morgan fingerprint density at radius 2 is 1.04 bits per heavy atom. The quantitative estimate of drug-likeness (QED) is 0.867. The molecule has 4 heteroatoms. The zero-order chi connectivity index (χ0) is 18.2. The van der Waals surface area contributed by atoms with Gasteiger partial charge in [0.15, 0.2) is 0 Å². The average molecular weight is 354 g/mol. The first-order chi connectivity index (χ1) is 12.7. The predicted octanol–water partition coefficient (Wildman–Crippen LogP) is 3.47. The van der Waals surface area contributed by atoms with Crippen LogP contribution in [0.5, 0.6) is 0 Å². The first-order valence-corrected chi connectivity index (χ1v) is 9.52. The maximum Gasteiger partial charge on any atom is 0.0950 e. The van der Waals surface area contributed by atoms with E-state index in [-0.39, 0.29) is 12.2 Å². The topological polar surface area (TPSA) is 42.5 Å². The molecule has 2 aromatic rings. The van der Waals surface area contributed by atoms with Crippen LogP contribution in [0.2, 0.25) is 0 Å². The van der Waals surface area contributed by atoms with E-state index in [9.17, 15) is 0 Å². The lowest BCUT2D eigenvalue weighted by atomic mass is 10.1. The van der Waals surface area contributed by atoms with E-state index >= 15 is 0 Å². The zero-order valence-electron chi connectivity index (χ0n) is 15.7. The monoisotopic (exact) mass is 354 g/mol. The minimum absolute atomic E-state index is 0.234. The van der Waals surface area contributed by atoms with Gasteiger partial charge >= 0.3 is 0 Å². The van der Waals surface area contributed by atoms with Crippen molar-refractivity contribution in [3.8, 4) is 0 Å². The molecule has 2 aliphatic rings. The highest BCUT2D eigenvalue weighted by Gasteiger charge is 2.19. The van der Waals surface area contributed by atoms with Gasteiger partial charge in [-0.05, 0) is 25.0 Å². The van der Waals surface area contributed by atoms with Crippen molar-refractivity contribution in [1.29, 1.82) is 0 Å². The molecule has 140 valence electrons. The summed E-state index contributed by atoms with van der Waals surface area (Å²) >= 11 is 0. The van der Waals surface area contributed by atoms with Gasteiger partial charge in [0.1, 0.15) is 0 Å². The molecule has 2 saturated heterocycles. The van der Waals surface area contributed by atoms with Crippen molar-refractivity contribution in [3.05, 3.63) is 71.8 Å². The van der Waals surface area contributed by atoms with Crippen LogP contribution < -0.4 is 10.6 Å². The maximum absolute atomic E-state index is 5.71. The molecule has 2 aromatic carbocycles. The number of morpholine rings is 2. The number of nitrogens with one attached hydrogen (secondary N) is 2. The lowest BCUT2D eigenvalue weighted by Gasteiger charge is -2.28. The minimum atomic E-state index is 0.234. The molecule has 0 radical (unpaired) electrons. The third-order valence-electron chi connectivity index (χ3n) is 4.74. The van der Waals surface area contributed by atoms with Gasteiger partial charge in [-0.1, -0.05) is 60.7 Å². The van der Waals surface area contributed by atoms with E-state index in [4.69, 9.17) is 9.47 Å². The molecule has 4 nitrogen and oxygen atoms in total. The Balaban J connectivity index is 0.000000151. The van der Waals surface area contributed by atoms with Crippen LogP contribution in [-0.4, -0.2) is 38.4 Å². The summed E-state index contributed by atoms with van der Waals surface area (Å²) in [6.07, 6.45) is 0.467. The third-order valence-corrected chi connectivity index (χ3v) is 4.74.